The van der Waals surface area contributed by atoms with E-state index in [4.69, 9.17) is 14.2 Å². The van der Waals surface area contributed by atoms with Crippen LogP contribution in [0.4, 0.5) is 0 Å². The molecule has 1 heterocycles. The van der Waals surface area contributed by atoms with Crippen molar-refractivity contribution in [1.29, 1.82) is 0 Å². The quantitative estimate of drug-likeness (QED) is 0.138. The molecule has 0 fully saturated rings. The van der Waals surface area contributed by atoms with Gasteiger partial charge in [0.2, 0.25) is 0 Å². The number of fused-ring (bicyclic) bond motifs is 3. The van der Waals surface area contributed by atoms with Crippen molar-refractivity contribution in [3.05, 3.63) is 102 Å². The maximum absolute atomic E-state index is 13.1. The van der Waals surface area contributed by atoms with Gasteiger partial charge >= 0.3 is 11.9 Å². The van der Waals surface area contributed by atoms with E-state index in [1.807, 2.05) is 37.3 Å². The number of imide groups is 1. The zero-order chi connectivity index (χ0) is 29.8. The van der Waals surface area contributed by atoms with E-state index in [9.17, 15) is 19.2 Å². The Morgan fingerprint density at radius 1 is 0.905 bits per heavy atom. The van der Waals surface area contributed by atoms with E-state index in [-0.39, 0.29) is 37.5 Å². The second kappa shape index (κ2) is 12.1. The number of carbonyl (C=O) groups is 4. The first-order valence-corrected chi connectivity index (χ1v) is 13.5. The lowest BCUT2D eigenvalue weighted by atomic mass is 9.98. The molecule has 214 valence electrons. The molecule has 2 amide bonds. The van der Waals surface area contributed by atoms with E-state index >= 15 is 0 Å². The highest BCUT2D eigenvalue weighted by Crippen LogP contribution is 2.46. The molecule has 42 heavy (non-hydrogen) atoms. The van der Waals surface area contributed by atoms with Crippen LogP contribution in [0.2, 0.25) is 0 Å². The normalized spacial score (nSPS) is 14.8. The van der Waals surface area contributed by atoms with E-state index in [2.05, 4.69) is 18.2 Å². The summed E-state index contributed by atoms with van der Waals surface area (Å²) < 4.78 is 21.7. The van der Waals surface area contributed by atoms with Crippen LogP contribution in [0.25, 0.3) is 11.1 Å². The van der Waals surface area contributed by atoms with Crippen LogP contribution in [0.3, 0.4) is 0 Å². The third-order valence-electron chi connectivity index (χ3n) is 7.20. The van der Waals surface area contributed by atoms with Gasteiger partial charge in [0.1, 0.15) is 23.9 Å². The van der Waals surface area contributed by atoms with Gasteiger partial charge in [-0.05, 0) is 76.7 Å². The molecule has 0 bridgehead atoms. The Balaban J connectivity index is 1.24. The first-order valence-electron chi connectivity index (χ1n) is 13.5. The van der Waals surface area contributed by atoms with Crippen LogP contribution in [0.5, 0.6) is 17.2 Å². The molecule has 0 saturated heterocycles. The van der Waals surface area contributed by atoms with Crippen LogP contribution >= 0.6 is 0 Å². The molecule has 0 N–H and O–H groups in total. The molecule has 2 aliphatic rings. The number of rotatable bonds is 11. The molecule has 1 aliphatic carbocycles. The molecule has 9 nitrogen and oxygen atoms in total. The van der Waals surface area contributed by atoms with Gasteiger partial charge in [0.15, 0.2) is 6.61 Å². The summed E-state index contributed by atoms with van der Waals surface area (Å²) in [7, 11) is 0. The lowest BCUT2D eigenvalue weighted by Gasteiger charge is -2.15. The van der Waals surface area contributed by atoms with Gasteiger partial charge in [-0.2, -0.15) is 0 Å². The zero-order valence-electron chi connectivity index (χ0n) is 23.3. The number of hydrogen-bond donors (Lipinski definition) is 0. The van der Waals surface area contributed by atoms with E-state index in [0.29, 0.717) is 29.2 Å². The van der Waals surface area contributed by atoms with Gasteiger partial charge in [-0.15, -0.1) is 0 Å². The summed E-state index contributed by atoms with van der Waals surface area (Å²) in [4.78, 5) is 49.3. The second-order valence-electron chi connectivity index (χ2n) is 9.74. The van der Waals surface area contributed by atoms with Gasteiger partial charge in [-0.3, -0.25) is 14.5 Å². The average molecular weight is 568 g/mol. The monoisotopic (exact) mass is 567 g/mol. The Hall–Kier alpha value is -5.18. The molecule has 3 aromatic rings. The van der Waals surface area contributed by atoms with Crippen LogP contribution in [0.1, 0.15) is 46.8 Å². The third-order valence-corrected chi connectivity index (χ3v) is 7.20. The zero-order valence-corrected chi connectivity index (χ0v) is 23.3. The summed E-state index contributed by atoms with van der Waals surface area (Å²) in [5, 5.41) is 0. The van der Waals surface area contributed by atoms with Gasteiger partial charge < -0.3 is 18.9 Å². The van der Waals surface area contributed by atoms with Crippen molar-refractivity contribution >= 4 is 23.8 Å². The molecular weight excluding hydrogens is 538 g/mol. The Bertz CT molecular complexity index is 1600. The lowest BCUT2D eigenvalue weighted by Crippen LogP contribution is -2.33. The van der Waals surface area contributed by atoms with Crippen LogP contribution in [-0.2, 0) is 25.5 Å². The number of aryl methyl sites for hydroxylation is 1. The summed E-state index contributed by atoms with van der Waals surface area (Å²) in [5.74, 6) is -0.219. The highest BCUT2D eigenvalue weighted by molar-refractivity contribution is 6.12. The predicted octanol–water partition coefficient (Wildman–Crippen LogP) is 4.97. The molecule has 1 atom stereocenters. The molecule has 1 aliphatic heterocycles. The van der Waals surface area contributed by atoms with E-state index < -0.39 is 11.9 Å². The molecule has 0 radical (unpaired) electrons. The fraction of sp³-hybridized carbons (Fsp3) is 0.212. The summed E-state index contributed by atoms with van der Waals surface area (Å²) in [6.07, 6.45) is 4.15. The average Bonchev–Trinajstić information content (AvgIpc) is 3.46. The van der Waals surface area contributed by atoms with Crippen LogP contribution < -0.4 is 14.2 Å². The minimum absolute atomic E-state index is 0.00754. The predicted molar refractivity (Wildman–Crippen MR) is 153 cm³/mol. The number of nitrogens with zero attached hydrogens (tertiary/aromatic N) is 1. The third kappa shape index (κ3) is 5.81. The molecule has 3 aromatic carbocycles. The fourth-order valence-corrected chi connectivity index (χ4v) is 5.07. The van der Waals surface area contributed by atoms with Crippen LogP contribution in [-0.4, -0.2) is 48.4 Å². The highest BCUT2D eigenvalue weighted by Gasteiger charge is 2.28. The molecule has 1 unspecified atom stereocenters. The van der Waals surface area contributed by atoms with Gasteiger partial charge in [0, 0.05) is 18.1 Å². The van der Waals surface area contributed by atoms with Gasteiger partial charge in [-0.25, -0.2) is 9.59 Å². The number of amides is 2. The smallest absolute Gasteiger partial charge is 0.348 e. The van der Waals surface area contributed by atoms with Gasteiger partial charge in [-0.1, -0.05) is 32.6 Å². The van der Waals surface area contributed by atoms with Crippen molar-refractivity contribution < 1.29 is 38.1 Å². The number of benzene rings is 3. The highest BCUT2D eigenvalue weighted by atomic mass is 16.6. The maximum atomic E-state index is 13.1. The largest absolute Gasteiger partial charge is 0.492 e. The van der Waals surface area contributed by atoms with Crippen molar-refractivity contribution in [3.8, 4) is 28.4 Å². The van der Waals surface area contributed by atoms with E-state index in [1.165, 1.54) is 12.2 Å². The van der Waals surface area contributed by atoms with E-state index in [1.54, 1.807) is 24.3 Å². The maximum Gasteiger partial charge on any atom is 0.348 e. The summed E-state index contributed by atoms with van der Waals surface area (Å²) in [5.41, 5.74) is 5.34. The second-order valence-corrected chi connectivity index (χ2v) is 9.74. The van der Waals surface area contributed by atoms with Crippen molar-refractivity contribution in [2.24, 2.45) is 0 Å². The van der Waals surface area contributed by atoms with Crippen LogP contribution in [0.15, 0.2) is 79.6 Å². The summed E-state index contributed by atoms with van der Waals surface area (Å²) in [6.45, 7) is 7.43. The van der Waals surface area contributed by atoms with Gasteiger partial charge in [0.05, 0.1) is 18.4 Å². The first kappa shape index (κ1) is 28.4. The molecule has 9 heteroatoms. The molecule has 0 spiro atoms. The molecular formula is C33H29NO8. The molecule has 0 saturated carbocycles. The summed E-state index contributed by atoms with van der Waals surface area (Å²) >= 11 is 0. The van der Waals surface area contributed by atoms with Crippen molar-refractivity contribution in [2.75, 3.05) is 19.8 Å². The number of ether oxygens (including phenoxy) is 4. The minimum atomic E-state index is -0.565. The molecule has 0 aromatic heterocycles. The minimum Gasteiger partial charge on any atom is -0.492 e. The fourth-order valence-electron chi connectivity index (χ4n) is 5.07. The van der Waals surface area contributed by atoms with Crippen molar-refractivity contribution in [3.63, 3.8) is 0 Å². The van der Waals surface area contributed by atoms with Crippen LogP contribution in [0, 0.1) is 0 Å². The SMILES string of the molecule is C=COC(=O)COc1ccc(OC(=O)c2ccc3c(c2)C(C)c2cc(OCCN4C(=O)C=CC4=O)ccc2-3)cc1CC. The molecule has 5 rings (SSSR count). The lowest BCUT2D eigenvalue weighted by molar-refractivity contribution is -0.140. The standard InChI is InChI=1S/C33H29NO8/c1-4-21-16-24(8-11-29(21)41-19-32(37)39-5-2)42-33(38)22-6-9-25-26-10-7-23(18-28(26)20(3)27(25)17-22)40-15-14-34-30(35)12-13-31(34)36/h5-13,16-18,20H,2,4,14-15,19H2,1,3H3. The number of hydrogen-bond acceptors (Lipinski definition) is 8. The Morgan fingerprint density at radius 3 is 2.31 bits per heavy atom. The Kier molecular flexibility index (Phi) is 8.19. The summed E-state index contributed by atoms with van der Waals surface area (Å²) in [6, 6.07) is 16.3. The van der Waals surface area contributed by atoms with Crippen molar-refractivity contribution in [1.82, 2.24) is 4.90 Å². The van der Waals surface area contributed by atoms with Crippen molar-refractivity contribution in [2.45, 2.75) is 26.2 Å². The number of carbonyl (C=O) groups excluding carboxylic acids is 4. The Labute approximate surface area is 242 Å². The van der Waals surface area contributed by atoms with E-state index in [0.717, 1.165) is 39.0 Å². The first-order chi connectivity index (χ1) is 20.3. The van der Waals surface area contributed by atoms with Gasteiger partial charge in [0.25, 0.3) is 11.8 Å². The topological polar surface area (TPSA) is 108 Å². The Morgan fingerprint density at radius 2 is 1.60 bits per heavy atom. The number of esters is 2.